The maximum atomic E-state index is 13.1. The first-order valence-electron chi connectivity index (χ1n) is 6.93. The highest BCUT2D eigenvalue weighted by atomic mass is 19.4. The van der Waals surface area contributed by atoms with Gasteiger partial charge in [0, 0.05) is 14.5 Å². The number of hydrogen-bond donors (Lipinski definition) is 2. The number of benzene rings is 2. The molecule has 7 heteroatoms. The predicted octanol–water partition coefficient (Wildman–Crippen LogP) is 3.46. The minimum absolute atomic E-state index is 0. The number of alkyl halides is 3. The number of phenols is 1. The highest BCUT2D eigenvalue weighted by molar-refractivity contribution is 5.90. The van der Waals surface area contributed by atoms with E-state index >= 15 is 0 Å². The Morgan fingerprint density at radius 2 is 2.00 bits per heavy atom. The second kappa shape index (κ2) is 6.87. The maximum Gasteiger partial charge on any atom is 0.420 e. The van der Waals surface area contributed by atoms with Crippen LogP contribution in [0.1, 0.15) is 19.0 Å². The van der Waals surface area contributed by atoms with Gasteiger partial charge in [0.1, 0.15) is 11.3 Å². The summed E-state index contributed by atoms with van der Waals surface area (Å²) < 4.78 is 43.9. The lowest BCUT2D eigenvalue weighted by Crippen LogP contribution is -2.18. The maximum absolute atomic E-state index is 13.1. The second-order valence-electron chi connectivity index (χ2n) is 4.97. The molecule has 0 aromatic heterocycles. The number of hydrogen-bond acceptors (Lipinski definition) is 4. The van der Waals surface area contributed by atoms with Crippen LogP contribution in [0.25, 0.3) is 10.8 Å². The highest BCUT2D eigenvalue weighted by Gasteiger charge is 2.36. The molecule has 23 heavy (non-hydrogen) atoms. The van der Waals surface area contributed by atoms with Gasteiger partial charge >= 0.3 is 12.1 Å². The zero-order valence-corrected chi connectivity index (χ0v) is 12.4. The molecule has 0 aliphatic heterocycles. The molecule has 4 nitrogen and oxygen atoms in total. The molecule has 0 aliphatic carbocycles. The molecular weight excluding hydrogens is 311 g/mol. The van der Waals surface area contributed by atoms with E-state index in [2.05, 4.69) is 10.1 Å². The third-order valence-electron chi connectivity index (χ3n) is 3.46. The largest absolute Gasteiger partial charge is 0.507 e. The van der Waals surface area contributed by atoms with Crippen LogP contribution in [0.4, 0.5) is 13.2 Å². The van der Waals surface area contributed by atoms with Crippen LogP contribution in [0.5, 0.6) is 5.75 Å². The number of rotatable bonds is 5. The lowest BCUT2D eigenvalue weighted by molar-refractivity contribution is -0.140. The van der Waals surface area contributed by atoms with Gasteiger partial charge in [0.25, 0.3) is 0 Å². The number of halogens is 3. The van der Waals surface area contributed by atoms with Crippen molar-refractivity contribution in [2.45, 2.75) is 19.1 Å². The number of fused-ring (bicyclic) bond motifs is 1. The molecule has 126 valence electrons. The van der Waals surface area contributed by atoms with Crippen molar-refractivity contribution in [3.05, 3.63) is 41.5 Å². The molecule has 0 fully saturated rings. The van der Waals surface area contributed by atoms with Crippen molar-refractivity contribution in [2.24, 2.45) is 0 Å². The van der Waals surface area contributed by atoms with Gasteiger partial charge in [-0.3, -0.25) is 4.79 Å². The van der Waals surface area contributed by atoms with Crippen LogP contribution in [0.3, 0.4) is 0 Å². The van der Waals surface area contributed by atoms with Crippen LogP contribution in [0.15, 0.2) is 30.3 Å². The Balaban J connectivity index is 0.00000288. The summed E-state index contributed by atoms with van der Waals surface area (Å²) in [6, 6.07) is 7.04. The summed E-state index contributed by atoms with van der Waals surface area (Å²) in [5.41, 5.74) is -0.385. The topological polar surface area (TPSA) is 58.6 Å². The van der Waals surface area contributed by atoms with Gasteiger partial charge in [-0.1, -0.05) is 24.3 Å². The number of carbonyl (C=O) groups is 1. The molecule has 0 spiro atoms. The lowest BCUT2D eigenvalue weighted by Gasteiger charge is -2.14. The fraction of sp³-hybridized carbons (Fsp3) is 0.312. The third kappa shape index (κ3) is 3.92. The number of ether oxygens (including phenoxy) is 1. The van der Waals surface area contributed by atoms with E-state index in [4.69, 9.17) is 0 Å². The minimum atomic E-state index is -4.64. The van der Waals surface area contributed by atoms with Crippen molar-refractivity contribution in [1.29, 1.82) is 0 Å². The molecule has 2 aromatic rings. The van der Waals surface area contributed by atoms with Crippen molar-refractivity contribution in [3.63, 3.8) is 0 Å². The Hall–Kier alpha value is -2.28. The van der Waals surface area contributed by atoms with E-state index in [1.807, 2.05) is 0 Å². The quantitative estimate of drug-likeness (QED) is 0.651. The van der Waals surface area contributed by atoms with E-state index in [-0.39, 0.29) is 19.2 Å². The van der Waals surface area contributed by atoms with Gasteiger partial charge in [0.05, 0.1) is 13.5 Å². The SMILES string of the molecule is COC(=O)CCNCc1cccc2c(C(F)(F)F)c(O)ccc12.[HH]. The molecule has 2 rings (SSSR count). The minimum Gasteiger partial charge on any atom is -0.507 e. The number of esters is 1. The smallest absolute Gasteiger partial charge is 0.420 e. The first kappa shape index (κ1) is 17.1. The molecule has 0 aliphatic rings. The summed E-state index contributed by atoms with van der Waals surface area (Å²) in [6.07, 6.45) is -4.46. The van der Waals surface area contributed by atoms with E-state index in [0.29, 0.717) is 24.0 Å². The van der Waals surface area contributed by atoms with Gasteiger partial charge in [-0.25, -0.2) is 0 Å². The number of nitrogens with one attached hydrogen (secondary N) is 1. The zero-order chi connectivity index (χ0) is 17.0. The Bertz CT molecular complexity index is 720. The average molecular weight is 329 g/mol. The Morgan fingerprint density at radius 1 is 1.26 bits per heavy atom. The summed E-state index contributed by atoms with van der Waals surface area (Å²) in [5, 5.41) is 12.9. The van der Waals surface area contributed by atoms with Crippen molar-refractivity contribution >= 4 is 16.7 Å². The monoisotopic (exact) mass is 329 g/mol. The van der Waals surface area contributed by atoms with Crippen molar-refractivity contribution in [1.82, 2.24) is 5.32 Å². The standard InChI is InChI=1S/C16H16F3NO3.H2/c1-23-14(22)7-8-20-9-10-3-2-4-12-11(10)5-6-13(21)15(12)16(17,18)19;/h2-6,20-21H,7-9H2,1H3;1H. The predicted molar refractivity (Wildman–Crippen MR) is 81.1 cm³/mol. The number of aromatic hydroxyl groups is 1. The highest BCUT2D eigenvalue weighted by Crippen LogP contribution is 2.41. The van der Waals surface area contributed by atoms with E-state index in [9.17, 15) is 23.1 Å². The van der Waals surface area contributed by atoms with Crippen molar-refractivity contribution < 1.29 is 29.2 Å². The average Bonchev–Trinajstić information content (AvgIpc) is 2.49. The molecule has 0 saturated heterocycles. The molecule has 0 bridgehead atoms. The van der Waals surface area contributed by atoms with Crippen LogP contribution < -0.4 is 5.32 Å². The molecule has 0 atom stereocenters. The van der Waals surface area contributed by atoms with Crippen molar-refractivity contribution in [3.8, 4) is 5.75 Å². The van der Waals surface area contributed by atoms with E-state index in [1.54, 1.807) is 6.07 Å². The molecule has 0 unspecified atom stereocenters. The summed E-state index contributed by atoms with van der Waals surface area (Å²) >= 11 is 0. The molecule has 0 amide bonds. The normalized spacial score (nSPS) is 11.7. The number of carbonyl (C=O) groups excluding carboxylic acids is 1. The van der Waals surface area contributed by atoms with E-state index < -0.39 is 17.5 Å². The van der Waals surface area contributed by atoms with Crippen LogP contribution in [-0.2, 0) is 22.3 Å². The van der Waals surface area contributed by atoms with E-state index in [1.165, 1.54) is 25.3 Å². The molecular formula is C16H18F3NO3. The molecule has 2 N–H and O–H groups in total. The van der Waals surface area contributed by atoms with Gasteiger partial charge in [0.15, 0.2) is 0 Å². The van der Waals surface area contributed by atoms with Crippen molar-refractivity contribution in [2.75, 3.05) is 13.7 Å². The van der Waals surface area contributed by atoms with Gasteiger partial charge in [-0.2, -0.15) is 13.2 Å². The lowest BCUT2D eigenvalue weighted by atomic mass is 9.99. The third-order valence-corrected chi connectivity index (χ3v) is 3.46. The second-order valence-corrected chi connectivity index (χ2v) is 4.97. The fourth-order valence-electron chi connectivity index (χ4n) is 2.38. The molecule has 0 radical (unpaired) electrons. The summed E-state index contributed by atoms with van der Waals surface area (Å²) in [6.45, 7) is 0.656. The number of phenolic OH excluding ortho intramolecular Hbond substituents is 1. The fourth-order valence-corrected chi connectivity index (χ4v) is 2.38. The number of methoxy groups -OCH3 is 1. The summed E-state index contributed by atoms with van der Waals surface area (Å²) in [7, 11) is 1.29. The Morgan fingerprint density at radius 3 is 2.65 bits per heavy atom. The molecule has 0 saturated carbocycles. The van der Waals surface area contributed by atoms with Gasteiger partial charge in [-0.05, 0) is 22.4 Å². The van der Waals surface area contributed by atoms with Crippen LogP contribution in [0.2, 0.25) is 0 Å². The van der Waals surface area contributed by atoms with Crippen LogP contribution in [-0.4, -0.2) is 24.7 Å². The van der Waals surface area contributed by atoms with Gasteiger partial charge in [0.2, 0.25) is 0 Å². The molecule has 2 aromatic carbocycles. The Kier molecular flexibility index (Phi) is 5.10. The van der Waals surface area contributed by atoms with Crippen LogP contribution in [0, 0.1) is 0 Å². The first-order chi connectivity index (χ1) is 10.8. The van der Waals surface area contributed by atoms with Gasteiger partial charge < -0.3 is 15.2 Å². The van der Waals surface area contributed by atoms with E-state index in [0.717, 1.165) is 6.07 Å². The Labute approximate surface area is 132 Å². The van der Waals surface area contributed by atoms with Crippen LogP contribution >= 0.6 is 0 Å². The molecule has 0 heterocycles. The van der Waals surface area contributed by atoms with Gasteiger partial charge in [-0.15, -0.1) is 0 Å². The first-order valence-corrected chi connectivity index (χ1v) is 6.93. The zero-order valence-electron chi connectivity index (χ0n) is 12.4. The summed E-state index contributed by atoms with van der Waals surface area (Å²) in [4.78, 5) is 11.0. The summed E-state index contributed by atoms with van der Waals surface area (Å²) in [5.74, 6) is -1.15.